The number of hydrogen-bond donors (Lipinski definition) is 2. The highest BCUT2D eigenvalue weighted by Gasteiger charge is 2.25. The molecule has 1 aliphatic rings. The zero-order valence-corrected chi connectivity index (χ0v) is 15.8. The fourth-order valence-corrected chi connectivity index (χ4v) is 3.44. The van der Waals surface area contributed by atoms with Crippen LogP contribution in [0.25, 0.3) is 0 Å². The van der Waals surface area contributed by atoms with Gasteiger partial charge in [0.15, 0.2) is 0 Å². The number of rotatable bonds is 8. The number of nitrogens with one attached hydrogen (secondary N) is 1. The van der Waals surface area contributed by atoms with Crippen LogP contribution in [0.1, 0.15) is 24.0 Å². The maximum atomic E-state index is 12.2. The van der Waals surface area contributed by atoms with Gasteiger partial charge < -0.3 is 15.8 Å². The van der Waals surface area contributed by atoms with Crippen LogP contribution in [0.2, 0.25) is 0 Å². The Bertz CT molecular complexity index is 703. The standard InChI is InChI=1S/C22H29N3O2/c23-12-13-24-22(26)20-7-4-14-25(16-20)15-18-8-10-21(11-9-18)27-17-19-5-2-1-3-6-19/h1-3,5-6,8-11,20H,4,7,12-17,23H2,(H,24,26). The zero-order chi connectivity index (χ0) is 18.9. The molecule has 1 unspecified atom stereocenters. The van der Waals surface area contributed by atoms with Crippen molar-refractivity contribution in [2.45, 2.75) is 26.0 Å². The average molecular weight is 367 g/mol. The summed E-state index contributed by atoms with van der Waals surface area (Å²) in [5, 5.41) is 2.91. The minimum atomic E-state index is 0.0683. The number of benzene rings is 2. The lowest BCUT2D eigenvalue weighted by Crippen LogP contribution is -2.43. The second-order valence-electron chi connectivity index (χ2n) is 7.07. The lowest BCUT2D eigenvalue weighted by Gasteiger charge is -2.32. The van der Waals surface area contributed by atoms with E-state index in [4.69, 9.17) is 10.5 Å². The van der Waals surface area contributed by atoms with Crippen molar-refractivity contribution in [3.05, 3.63) is 65.7 Å². The van der Waals surface area contributed by atoms with Gasteiger partial charge in [-0.3, -0.25) is 9.69 Å². The van der Waals surface area contributed by atoms with E-state index in [1.54, 1.807) is 0 Å². The number of nitrogens with two attached hydrogens (primary N) is 1. The topological polar surface area (TPSA) is 67.6 Å². The molecule has 3 rings (SSSR count). The Kier molecular flexibility index (Phi) is 7.25. The lowest BCUT2D eigenvalue weighted by atomic mass is 9.96. The third kappa shape index (κ3) is 6.08. The van der Waals surface area contributed by atoms with Crippen molar-refractivity contribution in [2.24, 2.45) is 11.7 Å². The third-order valence-corrected chi connectivity index (χ3v) is 4.90. The molecule has 2 aromatic carbocycles. The van der Waals surface area contributed by atoms with Crippen molar-refractivity contribution in [3.8, 4) is 5.75 Å². The van der Waals surface area contributed by atoms with E-state index >= 15 is 0 Å². The van der Waals surface area contributed by atoms with Crippen molar-refractivity contribution >= 4 is 5.91 Å². The average Bonchev–Trinajstić information content (AvgIpc) is 2.72. The van der Waals surface area contributed by atoms with Gasteiger partial charge in [-0.15, -0.1) is 0 Å². The summed E-state index contributed by atoms with van der Waals surface area (Å²) in [7, 11) is 0. The van der Waals surface area contributed by atoms with Gasteiger partial charge in [-0.05, 0) is 42.6 Å². The maximum Gasteiger partial charge on any atom is 0.224 e. The number of piperidine rings is 1. The summed E-state index contributed by atoms with van der Waals surface area (Å²) < 4.78 is 5.85. The molecule has 0 aromatic heterocycles. The fraction of sp³-hybridized carbons (Fsp3) is 0.409. The summed E-state index contributed by atoms with van der Waals surface area (Å²) in [6.45, 7) is 4.32. The third-order valence-electron chi connectivity index (χ3n) is 4.90. The Balaban J connectivity index is 1.48. The van der Waals surface area contributed by atoms with E-state index in [2.05, 4.69) is 34.5 Å². The van der Waals surface area contributed by atoms with Crippen LogP contribution in [0.15, 0.2) is 54.6 Å². The SMILES string of the molecule is NCCNC(=O)C1CCCN(Cc2ccc(OCc3ccccc3)cc2)C1. The van der Waals surface area contributed by atoms with E-state index in [-0.39, 0.29) is 11.8 Å². The molecular weight excluding hydrogens is 338 g/mol. The van der Waals surface area contributed by atoms with Gasteiger partial charge >= 0.3 is 0 Å². The molecule has 0 bridgehead atoms. The lowest BCUT2D eigenvalue weighted by molar-refractivity contribution is -0.126. The monoisotopic (exact) mass is 367 g/mol. The molecule has 0 spiro atoms. The van der Waals surface area contributed by atoms with E-state index < -0.39 is 0 Å². The summed E-state index contributed by atoms with van der Waals surface area (Å²) >= 11 is 0. The van der Waals surface area contributed by atoms with Crippen molar-refractivity contribution < 1.29 is 9.53 Å². The molecule has 27 heavy (non-hydrogen) atoms. The first kappa shape index (κ1) is 19.4. The Morgan fingerprint density at radius 1 is 1.11 bits per heavy atom. The highest BCUT2D eigenvalue weighted by Crippen LogP contribution is 2.20. The van der Waals surface area contributed by atoms with Crippen LogP contribution in [0.5, 0.6) is 5.75 Å². The first-order valence-electron chi connectivity index (χ1n) is 9.70. The van der Waals surface area contributed by atoms with Crippen molar-refractivity contribution in [1.82, 2.24) is 10.2 Å². The molecule has 5 heteroatoms. The molecule has 1 atom stereocenters. The van der Waals surface area contributed by atoms with Crippen LogP contribution < -0.4 is 15.8 Å². The summed E-state index contributed by atoms with van der Waals surface area (Å²) in [5.41, 5.74) is 7.87. The molecule has 0 radical (unpaired) electrons. The molecule has 1 fully saturated rings. The van der Waals surface area contributed by atoms with Gasteiger partial charge in [0, 0.05) is 26.2 Å². The van der Waals surface area contributed by atoms with Crippen LogP contribution in [0, 0.1) is 5.92 Å². The molecular formula is C22H29N3O2. The zero-order valence-electron chi connectivity index (χ0n) is 15.8. The number of carbonyl (C=O) groups excluding carboxylic acids is 1. The van der Waals surface area contributed by atoms with E-state index in [9.17, 15) is 4.79 Å². The first-order valence-corrected chi connectivity index (χ1v) is 9.70. The molecule has 1 heterocycles. The molecule has 2 aromatic rings. The molecule has 0 saturated carbocycles. The molecule has 5 nitrogen and oxygen atoms in total. The normalized spacial score (nSPS) is 17.4. The summed E-state index contributed by atoms with van der Waals surface area (Å²) in [6.07, 6.45) is 2.01. The van der Waals surface area contributed by atoms with E-state index in [0.717, 1.165) is 43.8 Å². The largest absolute Gasteiger partial charge is 0.489 e. The molecule has 3 N–H and O–H groups in total. The van der Waals surface area contributed by atoms with Gasteiger partial charge in [0.1, 0.15) is 12.4 Å². The maximum absolute atomic E-state index is 12.2. The van der Waals surface area contributed by atoms with E-state index in [1.807, 2.05) is 30.3 Å². The predicted molar refractivity (Wildman–Crippen MR) is 107 cm³/mol. The van der Waals surface area contributed by atoms with Gasteiger partial charge in [-0.25, -0.2) is 0 Å². The van der Waals surface area contributed by atoms with Crippen molar-refractivity contribution in [3.63, 3.8) is 0 Å². The van der Waals surface area contributed by atoms with Crippen LogP contribution in [0.3, 0.4) is 0 Å². The smallest absolute Gasteiger partial charge is 0.224 e. The minimum Gasteiger partial charge on any atom is -0.489 e. The van der Waals surface area contributed by atoms with Crippen LogP contribution in [0.4, 0.5) is 0 Å². The van der Waals surface area contributed by atoms with Gasteiger partial charge in [0.25, 0.3) is 0 Å². The van der Waals surface area contributed by atoms with E-state index in [1.165, 1.54) is 5.56 Å². The van der Waals surface area contributed by atoms with Crippen LogP contribution in [-0.4, -0.2) is 37.0 Å². The van der Waals surface area contributed by atoms with Gasteiger partial charge in [-0.1, -0.05) is 42.5 Å². The molecule has 1 amide bonds. The van der Waals surface area contributed by atoms with Gasteiger partial charge in [0.2, 0.25) is 5.91 Å². The number of carbonyl (C=O) groups is 1. The Morgan fingerprint density at radius 2 is 1.89 bits per heavy atom. The minimum absolute atomic E-state index is 0.0683. The van der Waals surface area contributed by atoms with Gasteiger partial charge in [0.05, 0.1) is 5.92 Å². The molecule has 1 saturated heterocycles. The number of likely N-dealkylation sites (tertiary alicyclic amines) is 1. The summed E-state index contributed by atoms with van der Waals surface area (Å²) in [4.78, 5) is 14.5. The quantitative estimate of drug-likeness (QED) is 0.752. The number of ether oxygens (including phenoxy) is 1. The Labute approximate surface area is 161 Å². The molecule has 144 valence electrons. The van der Waals surface area contributed by atoms with Gasteiger partial charge in [-0.2, -0.15) is 0 Å². The van der Waals surface area contributed by atoms with Crippen molar-refractivity contribution in [2.75, 3.05) is 26.2 Å². The predicted octanol–water partition coefficient (Wildman–Crippen LogP) is 2.55. The second-order valence-corrected chi connectivity index (χ2v) is 7.07. The van der Waals surface area contributed by atoms with E-state index in [0.29, 0.717) is 19.7 Å². The highest BCUT2D eigenvalue weighted by atomic mass is 16.5. The Morgan fingerprint density at radius 3 is 2.63 bits per heavy atom. The number of amides is 1. The number of hydrogen-bond acceptors (Lipinski definition) is 4. The molecule has 0 aliphatic carbocycles. The van der Waals surface area contributed by atoms with Crippen LogP contribution in [-0.2, 0) is 17.9 Å². The first-order chi connectivity index (χ1) is 13.2. The number of nitrogens with zero attached hydrogens (tertiary/aromatic N) is 1. The van der Waals surface area contributed by atoms with Crippen molar-refractivity contribution in [1.29, 1.82) is 0 Å². The fourth-order valence-electron chi connectivity index (χ4n) is 3.44. The van der Waals surface area contributed by atoms with Crippen LogP contribution >= 0.6 is 0 Å². The highest BCUT2D eigenvalue weighted by molar-refractivity contribution is 5.78. The second kappa shape index (κ2) is 10.1. The molecule has 1 aliphatic heterocycles. The summed E-state index contributed by atoms with van der Waals surface area (Å²) in [6, 6.07) is 18.4. The Hall–Kier alpha value is -2.37. The summed E-state index contributed by atoms with van der Waals surface area (Å²) in [5.74, 6) is 1.08.